The minimum absolute atomic E-state index is 0.0537. The number of carboxylic acids is 1. The molecule has 2 amide bonds. The summed E-state index contributed by atoms with van der Waals surface area (Å²) in [4.78, 5) is 38.6. The number of carbonyl (C=O) groups excluding carboxylic acids is 2. The number of carbonyl (C=O) groups is 3. The lowest BCUT2D eigenvalue weighted by Gasteiger charge is -2.49. The predicted molar refractivity (Wildman–Crippen MR) is 122 cm³/mol. The van der Waals surface area contributed by atoms with E-state index in [0.717, 1.165) is 11.1 Å². The molecule has 33 heavy (non-hydrogen) atoms. The maximum absolute atomic E-state index is 12.8. The predicted octanol–water partition coefficient (Wildman–Crippen LogP) is 0.714. The second-order valence-electron chi connectivity index (χ2n) is 7.38. The van der Waals surface area contributed by atoms with E-state index in [0.29, 0.717) is 28.6 Å². The number of hydrogen-bond acceptors (Lipinski definition) is 9. The van der Waals surface area contributed by atoms with Crippen LogP contribution in [0, 0.1) is 0 Å². The van der Waals surface area contributed by atoms with Gasteiger partial charge in [0.1, 0.15) is 22.1 Å². The molecule has 172 valence electrons. The van der Waals surface area contributed by atoms with Gasteiger partial charge >= 0.3 is 5.97 Å². The minimum atomic E-state index is -1.19. The van der Waals surface area contributed by atoms with Gasteiger partial charge < -0.3 is 21.3 Å². The highest BCUT2D eigenvalue weighted by Crippen LogP contribution is 2.41. The molecular formula is C21H21N5O5S2. The van der Waals surface area contributed by atoms with Crippen molar-refractivity contribution in [2.75, 3.05) is 11.5 Å². The lowest BCUT2D eigenvalue weighted by atomic mass is 10.0. The molecule has 12 heteroatoms. The van der Waals surface area contributed by atoms with E-state index in [1.807, 2.05) is 24.3 Å². The zero-order valence-corrected chi connectivity index (χ0v) is 18.9. The Balaban J connectivity index is 1.43. The Morgan fingerprint density at radius 1 is 1.21 bits per heavy atom. The summed E-state index contributed by atoms with van der Waals surface area (Å²) in [7, 11) is 0. The third kappa shape index (κ3) is 4.82. The molecule has 0 radical (unpaired) electrons. The topological polar surface area (TPSA) is 159 Å². The quantitative estimate of drug-likeness (QED) is 0.309. The van der Waals surface area contributed by atoms with Crippen LogP contribution in [0.4, 0.5) is 0 Å². The fraction of sp³-hybridized carbons (Fsp3) is 0.286. The first-order chi connectivity index (χ1) is 15.9. The fourth-order valence-corrected chi connectivity index (χ4v) is 5.97. The van der Waals surface area contributed by atoms with Crippen LogP contribution < -0.4 is 11.1 Å². The van der Waals surface area contributed by atoms with Crippen LogP contribution in [0.3, 0.4) is 0 Å². The Bertz CT molecular complexity index is 1120. The molecule has 5 N–H and O–H groups in total. The molecule has 1 aromatic carbocycles. The SMILES string of the molecule is NCc1ccccc1CC(=O)NC1C(=O)N2C(C(=O)O)=C(CSc3ccc(O)nn3)CS[C@@H]12. The summed E-state index contributed by atoms with van der Waals surface area (Å²) in [5, 5.41) is 29.2. The van der Waals surface area contributed by atoms with Crippen LogP contribution >= 0.6 is 23.5 Å². The van der Waals surface area contributed by atoms with Crippen molar-refractivity contribution in [2.24, 2.45) is 5.73 Å². The summed E-state index contributed by atoms with van der Waals surface area (Å²) >= 11 is 2.67. The zero-order chi connectivity index (χ0) is 23.5. The first-order valence-electron chi connectivity index (χ1n) is 10.0. The molecule has 0 bridgehead atoms. The molecule has 10 nitrogen and oxygen atoms in total. The number of aliphatic carboxylic acids is 1. The molecule has 2 aliphatic heterocycles. The minimum Gasteiger partial charge on any atom is -0.492 e. The van der Waals surface area contributed by atoms with Crippen molar-refractivity contribution in [2.45, 2.75) is 29.4 Å². The van der Waals surface area contributed by atoms with Gasteiger partial charge in [0, 0.05) is 24.1 Å². The first-order valence-corrected chi connectivity index (χ1v) is 12.0. The number of carboxylic acid groups (broad SMARTS) is 1. The average Bonchev–Trinajstić information content (AvgIpc) is 2.81. The van der Waals surface area contributed by atoms with Gasteiger partial charge in [-0.05, 0) is 22.8 Å². The number of nitrogens with two attached hydrogens (primary N) is 1. The van der Waals surface area contributed by atoms with E-state index in [2.05, 4.69) is 15.5 Å². The second kappa shape index (κ2) is 9.81. The molecule has 4 rings (SSSR count). The van der Waals surface area contributed by atoms with E-state index in [-0.39, 0.29) is 23.9 Å². The number of rotatable bonds is 8. The summed E-state index contributed by atoms with van der Waals surface area (Å²) in [6.45, 7) is 0.307. The molecule has 1 unspecified atom stereocenters. The number of aromatic hydroxyl groups is 1. The van der Waals surface area contributed by atoms with Crippen LogP contribution in [0.2, 0.25) is 0 Å². The Morgan fingerprint density at radius 3 is 2.64 bits per heavy atom. The van der Waals surface area contributed by atoms with Crippen LogP contribution in [-0.4, -0.2) is 66.0 Å². The van der Waals surface area contributed by atoms with Gasteiger partial charge in [-0.25, -0.2) is 4.79 Å². The number of nitrogens with one attached hydrogen (secondary N) is 1. The van der Waals surface area contributed by atoms with Gasteiger partial charge in [0.05, 0.1) is 6.42 Å². The molecular weight excluding hydrogens is 466 g/mol. The molecule has 0 saturated carbocycles. The van der Waals surface area contributed by atoms with E-state index < -0.39 is 23.3 Å². The largest absolute Gasteiger partial charge is 0.492 e. The molecule has 3 heterocycles. The molecule has 1 fully saturated rings. The highest BCUT2D eigenvalue weighted by Gasteiger charge is 2.54. The number of hydrogen-bond donors (Lipinski definition) is 4. The first kappa shape index (κ1) is 23.1. The van der Waals surface area contributed by atoms with Crippen LogP contribution in [-0.2, 0) is 27.3 Å². The van der Waals surface area contributed by atoms with Crippen molar-refractivity contribution in [1.29, 1.82) is 0 Å². The van der Waals surface area contributed by atoms with Crippen LogP contribution in [0.25, 0.3) is 0 Å². The van der Waals surface area contributed by atoms with E-state index in [1.54, 1.807) is 6.07 Å². The zero-order valence-electron chi connectivity index (χ0n) is 17.3. The van der Waals surface area contributed by atoms with Crippen molar-refractivity contribution in [3.63, 3.8) is 0 Å². The van der Waals surface area contributed by atoms with E-state index >= 15 is 0 Å². The van der Waals surface area contributed by atoms with E-state index in [4.69, 9.17) is 5.73 Å². The second-order valence-corrected chi connectivity index (χ2v) is 9.48. The normalized spacial score (nSPS) is 19.7. The maximum atomic E-state index is 12.8. The average molecular weight is 488 g/mol. The number of thioether (sulfide) groups is 2. The fourth-order valence-electron chi connectivity index (χ4n) is 3.67. The Morgan fingerprint density at radius 2 is 1.97 bits per heavy atom. The van der Waals surface area contributed by atoms with Crippen LogP contribution in [0.15, 0.2) is 52.7 Å². The third-order valence-corrected chi connectivity index (χ3v) is 7.62. The summed E-state index contributed by atoms with van der Waals surface area (Å²) in [5.74, 6) is -1.46. The summed E-state index contributed by atoms with van der Waals surface area (Å²) in [5.41, 5.74) is 7.90. The lowest BCUT2D eigenvalue weighted by molar-refractivity contribution is -0.150. The Kier molecular flexibility index (Phi) is 6.86. The maximum Gasteiger partial charge on any atom is 0.352 e. The molecule has 2 aromatic rings. The van der Waals surface area contributed by atoms with Gasteiger partial charge in [0.25, 0.3) is 5.91 Å². The smallest absolute Gasteiger partial charge is 0.352 e. The summed E-state index contributed by atoms with van der Waals surface area (Å²) in [6, 6.07) is 9.53. The Hall–Kier alpha value is -3.09. The van der Waals surface area contributed by atoms with Gasteiger partial charge in [-0.3, -0.25) is 14.5 Å². The number of β-lactam (4-membered cyclic amide) rings is 1. The van der Waals surface area contributed by atoms with Gasteiger partial charge in [-0.1, -0.05) is 24.3 Å². The van der Waals surface area contributed by atoms with Crippen molar-refractivity contribution < 1.29 is 24.6 Å². The number of amides is 2. The van der Waals surface area contributed by atoms with Crippen molar-refractivity contribution in [3.05, 3.63) is 58.8 Å². The molecule has 1 aromatic heterocycles. The number of aromatic nitrogens is 2. The highest BCUT2D eigenvalue weighted by molar-refractivity contribution is 8.01. The standard InChI is InChI=1S/C21H21N5O5S2/c22-8-12-4-2-1-3-11(12)7-15(28)23-17-19(29)26-18(21(30)31)13(10-33-20(17)26)9-32-16-6-5-14(27)24-25-16/h1-6,17,20H,7-10,22H2,(H,23,28)(H,24,27)(H,30,31)/t17?,20-/m0/s1. The van der Waals surface area contributed by atoms with Crippen LogP contribution in [0.5, 0.6) is 5.88 Å². The van der Waals surface area contributed by atoms with Crippen molar-refractivity contribution >= 4 is 41.3 Å². The van der Waals surface area contributed by atoms with E-state index in [9.17, 15) is 24.6 Å². The number of nitrogens with zero attached hydrogens (tertiary/aromatic N) is 3. The monoisotopic (exact) mass is 487 g/mol. The third-order valence-electron chi connectivity index (χ3n) is 5.28. The molecule has 1 saturated heterocycles. The van der Waals surface area contributed by atoms with Gasteiger partial charge in [-0.15, -0.1) is 33.7 Å². The van der Waals surface area contributed by atoms with Gasteiger partial charge in [0.15, 0.2) is 0 Å². The number of benzene rings is 1. The molecule has 2 aliphatic rings. The Labute approximate surface area is 197 Å². The molecule has 0 spiro atoms. The lowest BCUT2D eigenvalue weighted by Crippen LogP contribution is -2.70. The molecule has 2 atom stereocenters. The number of fused-ring (bicyclic) bond motifs is 1. The molecule has 0 aliphatic carbocycles. The highest BCUT2D eigenvalue weighted by atomic mass is 32.2. The van der Waals surface area contributed by atoms with Crippen molar-refractivity contribution in [3.8, 4) is 5.88 Å². The van der Waals surface area contributed by atoms with Crippen LogP contribution in [0.1, 0.15) is 11.1 Å². The summed E-state index contributed by atoms with van der Waals surface area (Å²) in [6.07, 6.45) is 0.0890. The van der Waals surface area contributed by atoms with Crippen molar-refractivity contribution in [1.82, 2.24) is 20.4 Å². The van der Waals surface area contributed by atoms with Gasteiger partial charge in [0.2, 0.25) is 11.8 Å². The summed E-state index contributed by atoms with van der Waals surface area (Å²) < 4.78 is 0. The van der Waals surface area contributed by atoms with Gasteiger partial charge in [-0.2, -0.15) is 0 Å². The van der Waals surface area contributed by atoms with E-state index in [1.165, 1.54) is 34.5 Å².